The summed E-state index contributed by atoms with van der Waals surface area (Å²) in [5.41, 5.74) is 3.55. The number of ether oxygens (including phenoxy) is 1. The number of para-hydroxylation sites is 2. The van der Waals surface area contributed by atoms with E-state index in [1.54, 1.807) is 24.3 Å². The van der Waals surface area contributed by atoms with E-state index in [0.717, 1.165) is 22.4 Å². The summed E-state index contributed by atoms with van der Waals surface area (Å²) in [4.78, 5) is 19.9. The Morgan fingerprint density at radius 1 is 1.00 bits per heavy atom. The molecule has 1 aromatic heterocycles. The molecule has 0 radical (unpaired) electrons. The number of aromatic nitrogens is 2. The van der Waals surface area contributed by atoms with Gasteiger partial charge in [0, 0.05) is 16.3 Å². The van der Waals surface area contributed by atoms with Crippen LogP contribution >= 0.6 is 11.6 Å². The molecule has 134 valence electrons. The number of aromatic amines is 1. The Bertz CT molecular complexity index is 1040. The van der Waals surface area contributed by atoms with Crippen LogP contribution in [0.3, 0.4) is 0 Å². The Hall–Kier alpha value is -3.31. The fourth-order valence-corrected chi connectivity index (χ4v) is 2.80. The highest BCUT2D eigenvalue weighted by Crippen LogP contribution is 2.22. The van der Waals surface area contributed by atoms with Crippen LogP contribution in [0.4, 0.5) is 5.69 Å². The second kappa shape index (κ2) is 7.51. The molecular formula is C21H16ClN3O2. The van der Waals surface area contributed by atoms with Crippen molar-refractivity contribution in [2.75, 3.05) is 11.9 Å². The van der Waals surface area contributed by atoms with Gasteiger partial charge in [-0.15, -0.1) is 0 Å². The van der Waals surface area contributed by atoms with Crippen molar-refractivity contribution >= 4 is 34.2 Å². The van der Waals surface area contributed by atoms with Crippen LogP contribution in [0, 0.1) is 0 Å². The standard InChI is InChI=1S/C21H16ClN3O2/c22-15-7-11-17(12-8-15)27-13-20(26)23-16-9-5-14(6-10-16)21-24-18-3-1-2-4-19(18)25-21/h1-12H,13H2,(H,23,26)(H,24,25). The lowest BCUT2D eigenvalue weighted by molar-refractivity contribution is -0.118. The minimum absolute atomic E-state index is 0.0764. The Labute approximate surface area is 161 Å². The number of carbonyl (C=O) groups is 1. The van der Waals surface area contributed by atoms with E-state index in [4.69, 9.17) is 16.3 Å². The first kappa shape index (κ1) is 17.1. The van der Waals surface area contributed by atoms with Crippen molar-refractivity contribution in [1.29, 1.82) is 0 Å². The number of hydrogen-bond acceptors (Lipinski definition) is 3. The predicted octanol–water partition coefficient (Wildman–Crippen LogP) is 4.90. The molecule has 0 spiro atoms. The van der Waals surface area contributed by atoms with E-state index in [0.29, 0.717) is 16.5 Å². The van der Waals surface area contributed by atoms with Crippen molar-refractivity contribution in [3.63, 3.8) is 0 Å². The molecule has 0 atom stereocenters. The summed E-state index contributed by atoms with van der Waals surface area (Å²) in [5.74, 6) is 1.15. The average molecular weight is 378 g/mol. The molecule has 27 heavy (non-hydrogen) atoms. The minimum atomic E-state index is -0.235. The van der Waals surface area contributed by atoms with Gasteiger partial charge in [0.25, 0.3) is 5.91 Å². The summed E-state index contributed by atoms with van der Waals surface area (Å²) in [6.45, 7) is -0.0764. The van der Waals surface area contributed by atoms with Crippen molar-refractivity contribution in [1.82, 2.24) is 9.97 Å². The average Bonchev–Trinajstić information content (AvgIpc) is 3.12. The van der Waals surface area contributed by atoms with E-state index < -0.39 is 0 Å². The molecule has 2 N–H and O–H groups in total. The van der Waals surface area contributed by atoms with E-state index >= 15 is 0 Å². The van der Waals surface area contributed by atoms with Crippen molar-refractivity contribution < 1.29 is 9.53 Å². The second-order valence-electron chi connectivity index (χ2n) is 5.97. The second-order valence-corrected chi connectivity index (χ2v) is 6.41. The molecule has 4 rings (SSSR count). The number of amides is 1. The Balaban J connectivity index is 1.38. The van der Waals surface area contributed by atoms with Gasteiger partial charge < -0.3 is 15.0 Å². The largest absolute Gasteiger partial charge is 0.484 e. The van der Waals surface area contributed by atoms with Crippen LogP contribution in [0.5, 0.6) is 5.75 Å². The maximum atomic E-state index is 12.0. The zero-order valence-corrected chi connectivity index (χ0v) is 15.0. The minimum Gasteiger partial charge on any atom is -0.484 e. The molecule has 0 aliphatic heterocycles. The zero-order valence-electron chi connectivity index (χ0n) is 14.3. The van der Waals surface area contributed by atoms with Gasteiger partial charge in [0.1, 0.15) is 11.6 Å². The maximum Gasteiger partial charge on any atom is 0.262 e. The molecule has 0 fully saturated rings. The summed E-state index contributed by atoms with van der Waals surface area (Å²) >= 11 is 5.82. The molecule has 6 heteroatoms. The Kier molecular flexibility index (Phi) is 4.77. The lowest BCUT2D eigenvalue weighted by Gasteiger charge is -2.08. The summed E-state index contributed by atoms with van der Waals surface area (Å²) in [6.07, 6.45) is 0. The quantitative estimate of drug-likeness (QED) is 0.519. The van der Waals surface area contributed by atoms with Gasteiger partial charge >= 0.3 is 0 Å². The molecule has 0 bridgehead atoms. The van der Waals surface area contributed by atoms with E-state index in [1.165, 1.54) is 0 Å². The van der Waals surface area contributed by atoms with Crippen LogP contribution in [0.25, 0.3) is 22.4 Å². The topological polar surface area (TPSA) is 67.0 Å². The normalized spacial score (nSPS) is 10.7. The van der Waals surface area contributed by atoms with Crippen LogP contribution in [-0.4, -0.2) is 22.5 Å². The highest BCUT2D eigenvalue weighted by molar-refractivity contribution is 6.30. The lowest BCUT2D eigenvalue weighted by atomic mass is 10.2. The third-order valence-electron chi connectivity index (χ3n) is 4.02. The van der Waals surface area contributed by atoms with Crippen LogP contribution in [0.2, 0.25) is 5.02 Å². The summed E-state index contributed by atoms with van der Waals surface area (Å²) in [7, 11) is 0. The number of nitrogens with one attached hydrogen (secondary N) is 2. The number of carbonyl (C=O) groups excluding carboxylic acids is 1. The third-order valence-corrected chi connectivity index (χ3v) is 4.27. The number of anilines is 1. The molecule has 0 saturated heterocycles. The fourth-order valence-electron chi connectivity index (χ4n) is 2.68. The van der Waals surface area contributed by atoms with Crippen LogP contribution in [-0.2, 0) is 4.79 Å². The number of H-pyrrole nitrogens is 1. The van der Waals surface area contributed by atoms with E-state index in [-0.39, 0.29) is 12.5 Å². The van der Waals surface area contributed by atoms with Crippen molar-refractivity contribution in [2.45, 2.75) is 0 Å². The number of benzene rings is 3. The molecule has 0 aliphatic carbocycles. The van der Waals surface area contributed by atoms with Gasteiger partial charge in [-0.25, -0.2) is 4.98 Å². The molecule has 0 aliphatic rings. The van der Waals surface area contributed by atoms with Gasteiger partial charge in [0.2, 0.25) is 0 Å². The van der Waals surface area contributed by atoms with E-state index in [1.807, 2.05) is 48.5 Å². The number of imidazole rings is 1. The van der Waals surface area contributed by atoms with Crippen LogP contribution in [0.15, 0.2) is 72.8 Å². The number of fused-ring (bicyclic) bond motifs is 1. The smallest absolute Gasteiger partial charge is 0.262 e. The highest BCUT2D eigenvalue weighted by atomic mass is 35.5. The monoisotopic (exact) mass is 377 g/mol. The van der Waals surface area contributed by atoms with Gasteiger partial charge in [-0.2, -0.15) is 0 Å². The van der Waals surface area contributed by atoms with Gasteiger partial charge in [-0.1, -0.05) is 23.7 Å². The molecule has 0 unspecified atom stereocenters. The molecule has 3 aromatic carbocycles. The summed E-state index contributed by atoms with van der Waals surface area (Å²) < 4.78 is 5.44. The predicted molar refractivity (Wildman–Crippen MR) is 107 cm³/mol. The Morgan fingerprint density at radius 3 is 2.48 bits per heavy atom. The fraction of sp³-hybridized carbons (Fsp3) is 0.0476. The molecule has 4 aromatic rings. The van der Waals surface area contributed by atoms with Gasteiger partial charge in [0.15, 0.2) is 6.61 Å². The van der Waals surface area contributed by atoms with Crippen LogP contribution in [0.1, 0.15) is 0 Å². The summed E-state index contributed by atoms with van der Waals surface area (Å²) in [5, 5.41) is 3.43. The maximum absolute atomic E-state index is 12.0. The first-order chi connectivity index (χ1) is 13.2. The first-order valence-electron chi connectivity index (χ1n) is 8.41. The van der Waals surface area contributed by atoms with Gasteiger partial charge in [-0.3, -0.25) is 4.79 Å². The third kappa shape index (κ3) is 4.10. The number of rotatable bonds is 5. The SMILES string of the molecule is O=C(COc1ccc(Cl)cc1)Nc1ccc(-c2nc3ccccc3[nH]2)cc1. The summed E-state index contributed by atoms with van der Waals surface area (Å²) in [6, 6.07) is 22.2. The van der Waals surface area contributed by atoms with E-state index in [9.17, 15) is 4.79 Å². The zero-order chi connectivity index (χ0) is 18.6. The van der Waals surface area contributed by atoms with Gasteiger partial charge in [-0.05, 0) is 60.7 Å². The molecule has 1 heterocycles. The molecule has 1 amide bonds. The van der Waals surface area contributed by atoms with Crippen molar-refractivity contribution in [3.8, 4) is 17.1 Å². The molecule has 0 saturated carbocycles. The first-order valence-corrected chi connectivity index (χ1v) is 8.78. The van der Waals surface area contributed by atoms with E-state index in [2.05, 4.69) is 15.3 Å². The number of nitrogens with zero attached hydrogens (tertiary/aromatic N) is 1. The number of hydrogen-bond donors (Lipinski definition) is 2. The Morgan fingerprint density at radius 2 is 1.74 bits per heavy atom. The van der Waals surface area contributed by atoms with Crippen LogP contribution < -0.4 is 10.1 Å². The highest BCUT2D eigenvalue weighted by Gasteiger charge is 2.07. The molecular weight excluding hydrogens is 362 g/mol. The lowest BCUT2D eigenvalue weighted by Crippen LogP contribution is -2.20. The van der Waals surface area contributed by atoms with Crippen molar-refractivity contribution in [2.24, 2.45) is 0 Å². The van der Waals surface area contributed by atoms with Gasteiger partial charge in [0.05, 0.1) is 11.0 Å². The molecule has 5 nitrogen and oxygen atoms in total. The van der Waals surface area contributed by atoms with Crippen molar-refractivity contribution in [3.05, 3.63) is 77.8 Å². The number of halogens is 1.